The molecule has 0 aliphatic heterocycles. The lowest BCUT2D eigenvalue weighted by molar-refractivity contribution is 0.334. The molecule has 17 heavy (non-hydrogen) atoms. The molecule has 0 aliphatic rings. The van der Waals surface area contributed by atoms with Crippen molar-refractivity contribution in [2.24, 2.45) is 0 Å². The molecule has 0 aromatic heterocycles. The summed E-state index contributed by atoms with van der Waals surface area (Å²) in [7, 11) is 0. The van der Waals surface area contributed by atoms with Crippen LogP contribution in [0, 0.1) is 11.3 Å². The maximum Gasteiger partial charge on any atom is 0.123 e. The van der Waals surface area contributed by atoms with Crippen LogP contribution in [-0.4, -0.2) is 12.6 Å². The molecule has 3 nitrogen and oxygen atoms in total. The van der Waals surface area contributed by atoms with Crippen molar-refractivity contribution in [2.75, 3.05) is 6.61 Å². The normalized spacial score (nSPS) is 11.8. The standard InChI is InChI=1S/C14H20N2O/c1-3-13(9-10-15)16-11-12-7-5-6-8-14(12)17-4-2/h5-8,13,16H,3-4,9,11H2,1-2H3. The minimum atomic E-state index is 0.259. The third-order valence-electron chi connectivity index (χ3n) is 2.68. The van der Waals surface area contributed by atoms with E-state index in [-0.39, 0.29) is 6.04 Å². The number of nitriles is 1. The zero-order valence-electron chi connectivity index (χ0n) is 10.6. The molecule has 0 heterocycles. The third-order valence-corrected chi connectivity index (χ3v) is 2.68. The molecule has 92 valence electrons. The number of rotatable bonds is 7. The van der Waals surface area contributed by atoms with Crippen molar-refractivity contribution < 1.29 is 4.74 Å². The van der Waals surface area contributed by atoms with Gasteiger partial charge in [-0.25, -0.2) is 0 Å². The molecule has 0 bridgehead atoms. The number of hydrogen-bond acceptors (Lipinski definition) is 3. The van der Waals surface area contributed by atoms with Gasteiger partial charge in [-0.3, -0.25) is 0 Å². The van der Waals surface area contributed by atoms with E-state index in [0.717, 1.165) is 24.3 Å². The SMILES string of the molecule is CCOc1ccccc1CNC(CC)CC#N. The van der Waals surface area contributed by atoms with Crippen LogP contribution in [0.5, 0.6) is 5.75 Å². The van der Waals surface area contributed by atoms with E-state index < -0.39 is 0 Å². The number of nitrogens with zero attached hydrogens (tertiary/aromatic N) is 1. The van der Waals surface area contributed by atoms with Gasteiger partial charge in [-0.15, -0.1) is 0 Å². The van der Waals surface area contributed by atoms with Gasteiger partial charge in [0.2, 0.25) is 0 Å². The molecule has 0 fully saturated rings. The predicted octanol–water partition coefficient (Wildman–Crippen LogP) is 2.87. The van der Waals surface area contributed by atoms with E-state index in [9.17, 15) is 0 Å². The van der Waals surface area contributed by atoms with Gasteiger partial charge in [0.15, 0.2) is 0 Å². The molecule has 0 radical (unpaired) electrons. The maximum atomic E-state index is 8.69. The van der Waals surface area contributed by atoms with Crippen molar-refractivity contribution in [3.8, 4) is 11.8 Å². The van der Waals surface area contributed by atoms with Crippen LogP contribution in [0.3, 0.4) is 0 Å². The van der Waals surface area contributed by atoms with Gasteiger partial charge in [-0.2, -0.15) is 5.26 Å². The highest BCUT2D eigenvalue weighted by Gasteiger charge is 2.07. The second-order valence-electron chi connectivity index (χ2n) is 3.89. The molecule has 1 N–H and O–H groups in total. The van der Waals surface area contributed by atoms with E-state index in [0.29, 0.717) is 13.0 Å². The Morgan fingerprint density at radius 2 is 2.12 bits per heavy atom. The Labute approximate surface area is 103 Å². The molecule has 3 heteroatoms. The van der Waals surface area contributed by atoms with Crippen LogP contribution in [0.2, 0.25) is 0 Å². The van der Waals surface area contributed by atoms with Crippen molar-refractivity contribution in [1.82, 2.24) is 5.32 Å². The molecule has 1 unspecified atom stereocenters. The Balaban J connectivity index is 2.58. The minimum Gasteiger partial charge on any atom is -0.494 e. The van der Waals surface area contributed by atoms with Crippen LogP contribution in [0.4, 0.5) is 0 Å². The van der Waals surface area contributed by atoms with Crippen LogP contribution in [0.1, 0.15) is 32.3 Å². The maximum absolute atomic E-state index is 8.69. The fourth-order valence-corrected chi connectivity index (χ4v) is 1.67. The van der Waals surface area contributed by atoms with Crippen LogP contribution in [0.25, 0.3) is 0 Å². The molecule has 1 aromatic rings. The summed E-state index contributed by atoms with van der Waals surface area (Å²) in [6.45, 7) is 5.49. The van der Waals surface area contributed by atoms with Crippen molar-refractivity contribution in [1.29, 1.82) is 5.26 Å². The van der Waals surface area contributed by atoms with Crippen molar-refractivity contribution >= 4 is 0 Å². The number of benzene rings is 1. The summed E-state index contributed by atoms with van der Waals surface area (Å²) < 4.78 is 5.56. The summed E-state index contributed by atoms with van der Waals surface area (Å²) in [5.41, 5.74) is 1.14. The Hall–Kier alpha value is -1.53. The summed E-state index contributed by atoms with van der Waals surface area (Å²) in [6, 6.07) is 10.5. The first-order valence-electron chi connectivity index (χ1n) is 6.12. The Morgan fingerprint density at radius 1 is 1.35 bits per heavy atom. The Bertz CT molecular complexity index is 371. The summed E-state index contributed by atoms with van der Waals surface area (Å²) in [6.07, 6.45) is 1.51. The van der Waals surface area contributed by atoms with E-state index in [2.05, 4.69) is 24.4 Å². The topological polar surface area (TPSA) is 45.0 Å². The lowest BCUT2D eigenvalue weighted by Gasteiger charge is -2.15. The average molecular weight is 232 g/mol. The molecule has 0 saturated carbocycles. The van der Waals surface area contributed by atoms with Gasteiger partial charge in [0.1, 0.15) is 5.75 Å². The van der Waals surface area contributed by atoms with E-state index in [1.807, 2.05) is 25.1 Å². The van der Waals surface area contributed by atoms with Crippen LogP contribution in [0.15, 0.2) is 24.3 Å². The fraction of sp³-hybridized carbons (Fsp3) is 0.500. The molecule has 1 atom stereocenters. The van der Waals surface area contributed by atoms with E-state index in [4.69, 9.17) is 10.00 Å². The van der Waals surface area contributed by atoms with Crippen LogP contribution in [-0.2, 0) is 6.54 Å². The quantitative estimate of drug-likeness (QED) is 0.786. The van der Waals surface area contributed by atoms with Crippen molar-refractivity contribution in [3.63, 3.8) is 0 Å². The summed E-state index contributed by atoms with van der Waals surface area (Å²) in [5, 5.41) is 12.1. The zero-order valence-corrected chi connectivity index (χ0v) is 10.6. The number of hydrogen-bond donors (Lipinski definition) is 1. The largest absolute Gasteiger partial charge is 0.494 e. The number of para-hydroxylation sites is 1. The molecule has 1 aromatic carbocycles. The number of nitrogens with one attached hydrogen (secondary N) is 1. The zero-order chi connectivity index (χ0) is 12.5. The molecule has 0 amide bonds. The first-order chi connectivity index (χ1) is 8.31. The van der Waals surface area contributed by atoms with E-state index in [1.165, 1.54) is 0 Å². The highest BCUT2D eigenvalue weighted by Crippen LogP contribution is 2.17. The van der Waals surface area contributed by atoms with E-state index >= 15 is 0 Å². The smallest absolute Gasteiger partial charge is 0.123 e. The number of ether oxygens (including phenoxy) is 1. The van der Waals surface area contributed by atoms with Crippen LogP contribution >= 0.6 is 0 Å². The first kappa shape index (κ1) is 13.5. The fourth-order valence-electron chi connectivity index (χ4n) is 1.67. The van der Waals surface area contributed by atoms with E-state index in [1.54, 1.807) is 0 Å². The van der Waals surface area contributed by atoms with Gasteiger partial charge in [0.05, 0.1) is 19.1 Å². The highest BCUT2D eigenvalue weighted by atomic mass is 16.5. The molecule has 1 rings (SSSR count). The van der Waals surface area contributed by atoms with Crippen molar-refractivity contribution in [3.05, 3.63) is 29.8 Å². The van der Waals surface area contributed by atoms with Gasteiger partial charge in [0, 0.05) is 18.2 Å². The van der Waals surface area contributed by atoms with Gasteiger partial charge in [0.25, 0.3) is 0 Å². The molecule has 0 spiro atoms. The summed E-state index contributed by atoms with van der Waals surface area (Å²) >= 11 is 0. The lowest BCUT2D eigenvalue weighted by Crippen LogP contribution is -2.27. The molecular formula is C14H20N2O. The van der Waals surface area contributed by atoms with Gasteiger partial charge in [-0.1, -0.05) is 25.1 Å². The first-order valence-corrected chi connectivity index (χ1v) is 6.12. The van der Waals surface area contributed by atoms with Crippen molar-refractivity contribution in [2.45, 2.75) is 39.3 Å². The third kappa shape index (κ3) is 4.46. The molecule has 0 saturated heterocycles. The highest BCUT2D eigenvalue weighted by molar-refractivity contribution is 5.33. The van der Waals surface area contributed by atoms with Gasteiger partial charge < -0.3 is 10.1 Å². The monoisotopic (exact) mass is 232 g/mol. The summed E-state index contributed by atoms with van der Waals surface area (Å²) in [4.78, 5) is 0. The minimum absolute atomic E-state index is 0.259. The average Bonchev–Trinajstić information content (AvgIpc) is 2.36. The second kappa shape index (κ2) is 7.70. The molecule has 0 aliphatic carbocycles. The van der Waals surface area contributed by atoms with Crippen LogP contribution < -0.4 is 10.1 Å². The van der Waals surface area contributed by atoms with Gasteiger partial charge in [-0.05, 0) is 19.4 Å². The molecular weight excluding hydrogens is 212 g/mol. The Kier molecular flexibility index (Phi) is 6.13. The lowest BCUT2D eigenvalue weighted by atomic mass is 10.1. The Morgan fingerprint density at radius 3 is 2.76 bits per heavy atom. The predicted molar refractivity (Wildman–Crippen MR) is 68.8 cm³/mol. The second-order valence-corrected chi connectivity index (χ2v) is 3.89. The van der Waals surface area contributed by atoms with Gasteiger partial charge >= 0.3 is 0 Å². The summed E-state index contributed by atoms with van der Waals surface area (Å²) in [5.74, 6) is 0.925.